The monoisotopic (exact) mass is 164 g/mol. The van der Waals surface area contributed by atoms with Gasteiger partial charge in [-0.05, 0) is 0 Å². The molecule has 1 aliphatic heterocycles. The summed E-state index contributed by atoms with van der Waals surface area (Å²) in [6, 6.07) is 0. The third kappa shape index (κ3) is 1.16. The van der Waals surface area contributed by atoms with Crippen molar-refractivity contribution in [2.24, 2.45) is 5.92 Å². The first-order chi connectivity index (χ1) is 3.30. The lowest BCUT2D eigenvalue weighted by atomic mass is 10.1. The van der Waals surface area contributed by atoms with Crippen LogP contribution in [0.25, 0.3) is 0 Å². The number of hydrogen-bond acceptors (Lipinski definition) is 1. The van der Waals surface area contributed by atoms with Gasteiger partial charge in [0.2, 0.25) is 0 Å². The smallest absolute Gasteiger partial charge is 0.0527 e. The third-order valence-electron chi connectivity index (χ3n) is 1.31. The quantitative estimate of drug-likeness (QED) is 0.534. The average Bonchev–Trinajstić information content (AvgIpc) is 1.23. The van der Waals surface area contributed by atoms with E-state index in [1.54, 1.807) is 0 Å². The highest BCUT2D eigenvalue weighted by Crippen LogP contribution is 2.19. The molecule has 1 unspecified atom stereocenters. The molecule has 0 aromatic heterocycles. The lowest BCUT2D eigenvalue weighted by molar-refractivity contribution is -0.0294. The fourth-order valence-electron chi connectivity index (χ4n) is 0.519. The maximum Gasteiger partial charge on any atom is 0.0527 e. The number of alkyl halides is 1. The fraction of sp³-hybridized carbons (Fsp3) is 1.00. The van der Waals surface area contributed by atoms with Crippen molar-refractivity contribution < 1.29 is 4.74 Å². The summed E-state index contributed by atoms with van der Waals surface area (Å²) in [4.78, 5) is 0.640. The summed E-state index contributed by atoms with van der Waals surface area (Å²) in [5.41, 5.74) is 0. The molecule has 0 saturated carbocycles. The van der Waals surface area contributed by atoms with E-state index >= 15 is 0 Å². The molecule has 42 valence electrons. The van der Waals surface area contributed by atoms with Crippen LogP contribution in [0.3, 0.4) is 0 Å². The minimum absolute atomic E-state index is 0.640. The Hall–Kier alpha value is 0.440. The van der Waals surface area contributed by atoms with Gasteiger partial charge in [-0.15, -0.1) is 0 Å². The number of rotatable bonds is 1. The van der Waals surface area contributed by atoms with Crippen molar-refractivity contribution in [3.63, 3.8) is 0 Å². The second-order valence-corrected chi connectivity index (χ2v) is 3.42. The van der Waals surface area contributed by atoms with E-state index in [4.69, 9.17) is 4.74 Å². The van der Waals surface area contributed by atoms with Gasteiger partial charge in [0.1, 0.15) is 0 Å². The molecule has 1 heterocycles. The number of hydrogen-bond donors (Lipinski definition) is 0. The molecule has 1 saturated heterocycles. The molecule has 0 bridgehead atoms. The molecule has 0 radical (unpaired) electrons. The molecule has 0 aromatic carbocycles. The molecule has 1 aliphatic rings. The third-order valence-corrected chi connectivity index (χ3v) is 2.06. The number of ether oxygens (including phenoxy) is 1. The Morgan fingerprint density at radius 3 is 2.29 bits per heavy atom. The molecule has 0 spiro atoms. The van der Waals surface area contributed by atoms with E-state index in [2.05, 4.69) is 22.9 Å². The predicted octanol–water partition coefficient (Wildman–Crippen LogP) is 1.42. The van der Waals surface area contributed by atoms with E-state index in [0.29, 0.717) is 4.83 Å². The average molecular weight is 165 g/mol. The second kappa shape index (κ2) is 2.14. The molecule has 1 rings (SSSR count). The van der Waals surface area contributed by atoms with Crippen LogP contribution in [0.15, 0.2) is 0 Å². The van der Waals surface area contributed by atoms with Gasteiger partial charge < -0.3 is 4.74 Å². The Balaban J connectivity index is 2.14. The standard InChI is InChI=1S/C5H9BrO/c1-4(6)5-2-7-3-5/h4-5H,2-3H2,1H3. The van der Waals surface area contributed by atoms with E-state index < -0.39 is 0 Å². The fourth-order valence-corrected chi connectivity index (χ4v) is 0.824. The Labute approximate surface area is 52.2 Å². The largest absolute Gasteiger partial charge is 0.381 e. The molecule has 1 atom stereocenters. The highest BCUT2D eigenvalue weighted by Gasteiger charge is 2.22. The van der Waals surface area contributed by atoms with E-state index in [1.165, 1.54) is 0 Å². The normalized spacial score (nSPS) is 26.6. The highest BCUT2D eigenvalue weighted by molar-refractivity contribution is 9.09. The zero-order valence-corrected chi connectivity index (χ0v) is 5.94. The Bertz CT molecular complexity index is 59.1. The lowest BCUT2D eigenvalue weighted by Gasteiger charge is -2.27. The molecule has 2 heteroatoms. The van der Waals surface area contributed by atoms with Crippen LogP contribution in [0.5, 0.6) is 0 Å². The van der Waals surface area contributed by atoms with Crippen molar-refractivity contribution in [2.75, 3.05) is 13.2 Å². The first-order valence-electron chi connectivity index (χ1n) is 2.52. The molecule has 0 aliphatic carbocycles. The van der Waals surface area contributed by atoms with E-state index in [0.717, 1.165) is 19.1 Å². The van der Waals surface area contributed by atoms with Crippen LogP contribution in [0.2, 0.25) is 0 Å². The van der Waals surface area contributed by atoms with Crippen LogP contribution in [0.1, 0.15) is 6.92 Å². The molecule has 7 heavy (non-hydrogen) atoms. The maximum atomic E-state index is 4.97. The second-order valence-electron chi connectivity index (χ2n) is 1.98. The van der Waals surface area contributed by atoms with E-state index in [1.807, 2.05) is 0 Å². The Morgan fingerprint density at radius 1 is 1.71 bits per heavy atom. The molecular weight excluding hydrogens is 156 g/mol. The molecule has 1 fully saturated rings. The van der Waals surface area contributed by atoms with Crippen LogP contribution < -0.4 is 0 Å². The Kier molecular flexibility index (Phi) is 1.70. The van der Waals surface area contributed by atoms with Gasteiger partial charge in [0.15, 0.2) is 0 Å². The van der Waals surface area contributed by atoms with Crippen LogP contribution in [0.4, 0.5) is 0 Å². The van der Waals surface area contributed by atoms with Crippen LogP contribution in [0, 0.1) is 5.92 Å². The minimum atomic E-state index is 0.640. The lowest BCUT2D eigenvalue weighted by Crippen LogP contribution is -2.33. The first kappa shape index (κ1) is 5.57. The molecule has 0 amide bonds. The molecule has 1 nitrogen and oxygen atoms in total. The molecule has 0 aromatic rings. The van der Waals surface area contributed by atoms with Gasteiger partial charge in [0, 0.05) is 10.7 Å². The topological polar surface area (TPSA) is 9.23 Å². The van der Waals surface area contributed by atoms with E-state index in [-0.39, 0.29) is 0 Å². The zero-order valence-electron chi connectivity index (χ0n) is 4.36. The summed E-state index contributed by atoms with van der Waals surface area (Å²) in [5, 5.41) is 0. The van der Waals surface area contributed by atoms with Gasteiger partial charge in [-0.1, -0.05) is 22.9 Å². The van der Waals surface area contributed by atoms with Crippen molar-refractivity contribution in [3.8, 4) is 0 Å². The first-order valence-corrected chi connectivity index (χ1v) is 3.44. The highest BCUT2D eigenvalue weighted by atomic mass is 79.9. The van der Waals surface area contributed by atoms with Crippen molar-refractivity contribution >= 4 is 15.9 Å². The van der Waals surface area contributed by atoms with Gasteiger partial charge in [-0.25, -0.2) is 0 Å². The van der Waals surface area contributed by atoms with Gasteiger partial charge in [-0.3, -0.25) is 0 Å². The van der Waals surface area contributed by atoms with Crippen LogP contribution in [-0.2, 0) is 4.74 Å². The SMILES string of the molecule is CC(Br)C1COC1. The Morgan fingerprint density at radius 2 is 2.29 bits per heavy atom. The maximum absolute atomic E-state index is 4.97. The van der Waals surface area contributed by atoms with E-state index in [9.17, 15) is 0 Å². The number of halogens is 1. The summed E-state index contributed by atoms with van der Waals surface area (Å²) in [6.45, 7) is 4.06. The summed E-state index contributed by atoms with van der Waals surface area (Å²) in [7, 11) is 0. The summed E-state index contributed by atoms with van der Waals surface area (Å²) < 4.78 is 4.97. The van der Waals surface area contributed by atoms with Crippen molar-refractivity contribution in [1.29, 1.82) is 0 Å². The predicted molar refractivity (Wildman–Crippen MR) is 32.7 cm³/mol. The van der Waals surface area contributed by atoms with Crippen molar-refractivity contribution in [3.05, 3.63) is 0 Å². The van der Waals surface area contributed by atoms with Crippen LogP contribution in [-0.4, -0.2) is 18.0 Å². The van der Waals surface area contributed by atoms with Gasteiger partial charge in [0.05, 0.1) is 13.2 Å². The summed E-state index contributed by atoms with van der Waals surface area (Å²) >= 11 is 3.47. The molecule has 0 N–H and O–H groups in total. The molecular formula is C5H9BrO. The zero-order chi connectivity index (χ0) is 5.28. The minimum Gasteiger partial charge on any atom is -0.381 e. The van der Waals surface area contributed by atoms with Gasteiger partial charge in [-0.2, -0.15) is 0 Å². The summed E-state index contributed by atoms with van der Waals surface area (Å²) in [6.07, 6.45) is 0. The van der Waals surface area contributed by atoms with Crippen LogP contribution >= 0.6 is 15.9 Å². The van der Waals surface area contributed by atoms with Crippen molar-refractivity contribution in [2.45, 2.75) is 11.8 Å². The van der Waals surface area contributed by atoms with Crippen molar-refractivity contribution in [1.82, 2.24) is 0 Å². The summed E-state index contributed by atoms with van der Waals surface area (Å²) in [5.74, 6) is 0.778. The van der Waals surface area contributed by atoms with Gasteiger partial charge >= 0.3 is 0 Å². The van der Waals surface area contributed by atoms with Gasteiger partial charge in [0.25, 0.3) is 0 Å².